The summed E-state index contributed by atoms with van der Waals surface area (Å²) in [6.45, 7) is 12.8. The molecular formula is C27H42N2O3. The molecule has 0 heterocycles. The predicted octanol–water partition coefficient (Wildman–Crippen LogP) is 4.85. The van der Waals surface area contributed by atoms with Crippen molar-refractivity contribution < 1.29 is 14.4 Å². The molecule has 6 atom stereocenters. The Hall–Kier alpha value is -1.65. The van der Waals surface area contributed by atoms with E-state index in [4.69, 9.17) is 0 Å². The Morgan fingerprint density at radius 2 is 1.75 bits per heavy atom. The molecule has 5 nitrogen and oxygen atoms in total. The molecule has 0 radical (unpaired) electrons. The molecule has 0 aromatic heterocycles. The van der Waals surface area contributed by atoms with Crippen molar-refractivity contribution in [3.05, 3.63) is 11.3 Å². The maximum Gasteiger partial charge on any atom is 0.234 e. The van der Waals surface area contributed by atoms with E-state index in [2.05, 4.69) is 19.2 Å². The molecule has 0 aromatic carbocycles. The fourth-order valence-corrected chi connectivity index (χ4v) is 8.52. The highest BCUT2D eigenvalue weighted by Crippen LogP contribution is 2.66. The van der Waals surface area contributed by atoms with Crippen LogP contribution in [0.2, 0.25) is 0 Å². The first-order chi connectivity index (χ1) is 15.0. The van der Waals surface area contributed by atoms with Gasteiger partial charge in [-0.15, -0.1) is 0 Å². The van der Waals surface area contributed by atoms with Crippen LogP contribution in [0.4, 0.5) is 0 Å². The normalized spacial score (nSPS) is 38.9. The second-order valence-corrected chi connectivity index (χ2v) is 12.1. The molecule has 4 aliphatic rings. The Morgan fingerprint density at radius 1 is 1.06 bits per heavy atom. The van der Waals surface area contributed by atoms with Gasteiger partial charge in [0, 0.05) is 12.1 Å². The molecule has 4 aliphatic carbocycles. The minimum atomic E-state index is -0.702. The highest BCUT2D eigenvalue weighted by molar-refractivity contribution is 6.11. The number of fused-ring (bicyclic) bond motifs is 5. The number of hydrogen-bond donors (Lipinski definition) is 1. The number of amides is 2. The zero-order valence-electron chi connectivity index (χ0n) is 20.9. The Balaban J connectivity index is 1.75. The van der Waals surface area contributed by atoms with E-state index in [9.17, 15) is 14.4 Å². The molecule has 0 saturated heterocycles. The van der Waals surface area contributed by atoms with Crippen molar-refractivity contribution in [3.8, 4) is 0 Å². The molecule has 0 spiro atoms. The van der Waals surface area contributed by atoms with Crippen LogP contribution in [0.1, 0.15) is 92.9 Å². The smallest absolute Gasteiger partial charge is 0.234 e. The number of carbonyl (C=O) groups excluding carboxylic acids is 3. The number of nitrogens with one attached hydrogen (secondary N) is 1. The maximum atomic E-state index is 13.7. The van der Waals surface area contributed by atoms with Crippen LogP contribution < -0.4 is 5.32 Å². The van der Waals surface area contributed by atoms with Crippen LogP contribution in [0, 0.1) is 34.5 Å². The molecular weight excluding hydrogens is 400 g/mol. The lowest BCUT2D eigenvalue weighted by molar-refractivity contribution is -0.147. The lowest BCUT2D eigenvalue weighted by atomic mass is 9.46. The quantitative estimate of drug-likeness (QED) is 0.489. The van der Waals surface area contributed by atoms with Crippen LogP contribution in [0.5, 0.6) is 0 Å². The molecule has 178 valence electrons. The molecule has 1 unspecified atom stereocenters. The Morgan fingerprint density at radius 3 is 2.38 bits per heavy atom. The number of nitrogens with zero attached hydrogens (tertiary/aromatic N) is 1. The molecule has 4 rings (SSSR count). The zero-order valence-corrected chi connectivity index (χ0v) is 20.9. The predicted molar refractivity (Wildman–Crippen MR) is 125 cm³/mol. The van der Waals surface area contributed by atoms with Gasteiger partial charge in [0.15, 0.2) is 5.78 Å². The van der Waals surface area contributed by atoms with Crippen molar-refractivity contribution in [2.45, 2.75) is 105 Å². The van der Waals surface area contributed by atoms with Gasteiger partial charge in [-0.2, -0.15) is 0 Å². The van der Waals surface area contributed by atoms with Gasteiger partial charge in [0.25, 0.3) is 0 Å². The van der Waals surface area contributed by atoms with Crippen LogP contribution in [0.15, 0.2) is 11.3 Å². The maximum absolute atomic E-state index is 13.7. The van der Waals surface area contributed by atoms with Gasteiger partial charge in [0.1, 0.15) is 5.92 Å². The minimum Gasteiger partial charge on any atom is -0.337 e. The first-order valence-corrected chi connectivity index (χ1v) is 12.9. The zero-order chi connectivity index (χ0) is 23.4. The lowest BCUT2D eigenvalue weighted by Gasteiger charge is -2.58. The van der Waals surface area contributed by atoms with Gasteiger partial charge in [-0.05, 0) is 107 Å². The fraction of sp³-hybridized carbons (Fsp3) is 0.815. The highest BCUT2D eigenvalue weighted by Gasteiger charge is 2.59. The van der Waals surface area contributed by atoms with Crippen LogP contribution in [-0.4, -0.2) is 35.1 Å². The molecule has 0 aromatic rings. The van der Waals surface area contributed by atoms with E-state index < -0.39 is 5.92 Å². The lowest BCUT2D eigenvalue weighted by Crippen LogP contribution is -2.56. The molecule has 0 bridgehead atoms. The SMILES string of the molecule is CC(C)N(C(=O)C1C[C@@]2(C)C(=C(NC=O)C1=O)CC[C@@H]1[C@H]2CC[C@]2(C)CCC[C@@H]12)C(C)C. The number of rotatable bonds is 5. The monoisotopic (exact) mass is 442 g/mol. The van der Waals surface area contributed by atoms with E-state index in [1.165, 1.54) is 32.1 Å². The largest absolute Gasteiger partial charge is 0.337 e. The second-order valence-electron chi connectivity index (χ2n) is 12.1. The Kier molecular flexibility index (Phi) is 6.09. The molecule has 32 heavy (non-hydrogen) atoms. The first kappa shape index (κ1) is 23.5. The molecule has 1 N–H and O–H groups in total. The third-order valence-corrected chi connectivity index (χ3v) is 9.82. The number of Topliss-reactive ketones (excluding diaryl/α,β-unsaturated/α-hetero) is 1. The summed E-state index contributed by atoms with van der Waals surface area (Å²) in [5.41, 5.74) is 1.81. The van der Waals surface area contributed by atoms with Crippen LogP contribution in [0.25, 0.3) is 0 Å². The summed E-state index contributed by atoms with van der Waals surface area (Å²) in [5.74, 6) is 0.955. The molecule has 3 fully saturated rings. The summed E-state index contributed by atoms with van der Waals surface area (Å²) in [6, 6.07) is 0.0629. The van der Waals surface area contributed by atoms with Crippen molar-refractivity contribution >= 4 is 18.1 Å². The van der Waals surface area contributed by atoms with Crippen molar-refractivity contribution in [1.29, 1.82) is 0 Å². The average Bonchev–Trinajstić information content (AvgIpc) is 3.11. The summed E-state index contributed by atoms with van der Waals surface area (Å²) in [6.07, 6.45) is 9.59. The highest BCUT2D eigenvalue weighted by atomic mass is 16.2. The summed E-state index contributed by atoms with van der Waals surface area (Å²) in [7, 11) is 0. The standard InChI is InChI=1S/C27H42N2O3/c1-16(2)29(17(3)4)25(32)19-14-27(6)21-11-13-26(5)12-7-8-20(26)18(21)9-10-22(27)23(24(19)31)28-15-30/h15-21H,7-14H2,1-6H3,(H,28,30)/t18-,19?,20-,21+,26-,27+/m0/s1. The first-order valence-electron chi connectivity index (χ1n) is 12.9. The summed E-state index contributed by atoms with van der Waals surface area (Å²) in [5, 5.41) is 2.77. The summed E-state index contributed by atoms with van der Waals surface area (Å²) in [4.78, 5) is 40.6. The van der Waals surface area contributed by atoms with E-state index >= 15 is 0 Å². The fourth-order valence-electron chi connectivity index (χ4n) is 8.52. The van der Waals surface area contributed by atoms with E-state index in [1.807, 2.05) is 32.6 Å². The number of ketones is 1. The topological polar surface area (TPSA) is 66.5 Å². The van der Waals surface area contributed by atoms with Gasteiger partial charge < -0.3 is 10.2 Å². The van der Waals surface area contributed by atoms with Gasteiger partial charge in [0.05, 0.1) is 5.70 Å². The van der Waals surface area contributed by atoms with Gasteiger partial charge in [-0.3, -0.25) is 14.4 Å². The number of hydrogen-bond acceptors (Lipinski definition) is 3. The minimum absolute atomic E-state index is 0.0314. The second kappa shape index (κ2) is 8.29. The van der Waals surface area contributed by atoms with Crippen LogP contribution in [0.3, 0.4) is 0 Å². The van der Waals surface area contributed by atoms with E-state index in [1.54, 1.807) is 0 Å². The Bertz CT molecular complexity index is 823. The summed E-state index contributed by atoms with van der Waals surface area (Å²) >= 11 is 0. The van der Waals surface area contributed by atoms with Gasteiger partial charge in [-0.25, -0.2) is 0 Å². The van der Waals surface area contributed by atoms with Crippen LogP contribution in [-0.2, 0) is 14.4 Å². The van der Waals surface area contributed by atoms with E-state index in [-0.39, 0.29) is 29.2 Å². The number of allylic oxidation sites excluding steroid dienone is 1. The third kappa shape index (κ3) is 3.45. The number of carbonyl (C=O) groups is 3. The third-order valence-electron chi connectivity index (χ3n) is 9.82. The molecule has 2 amide bonds. The molecule has 3 saturated carbocycles. The van der Waals surface area contributed by atoms with Crippen molar-refractivity contribution in [1.82, 2.24) is 10.2 Å². The van der Waals surface area contributed by atoms with E-state index in [0.717, 1.165) is 24.3 Å². The molecule has 0 aliphatic heterocycles. The van der Waals surface area contributed by atoms with E-state index in [0.29, 0.717) is 35.8 Å². The van der Waals surface area contributed by atoms with Gasteiger partial charge >= 0.3 is 0 Å². The molecule has 5 heteroatoms. The summed E-state index contributed by atoms with van der Waals surface area (Å²) < 4.78 is 0. The van der Waals surface area contributed by atoms with Crippen LogP contribution >= 0.6 is 0 Å². The van der Waals surface area contributed by atoms with Crippen molar-refractivity contribution in [2.24, 2.45) is 34.5 Å². The van der Waals surface area contributed by atoms with Crippen molar-refractivity contribution in [2.75, 3.05) is 0 Å². The van der Waals surface area contributed by atoms with Crippen molar-refractivity contribution in [3.63, 3.8) is 0 Å². The van der Waals surface area contributed by atoms with Gasteiger partial charge in [0.2, 0.25) is 12.3 Å². The average molecular weight is 443 g/mol. The van der Waals surface area contributed by atoms with Gasteiger partial charge in [-0.1, -0.05) is 20.3 Å². The Labute approximate surface area is 193 Å².